The molecule has 7 nitrogen and oxygen atoms in total. The lowest BCUT2D eigenvalue weighted by molar-refractivity contribution is -0.130. The van der Waals surface area contributed by atoms with Crippen molar-refractivity contribution in [2.24, 2.45) is 0 Å². The Bertz CT molecular complexity index is 972. The molecule has 0 radical (unpaired) electrons. The zero-order valence-electron chi connectivity index (χ0n) is 14.9. The molecule has 1 fully saturated rings. The van der Waals surface area contributed by atoms with Crippen molar-refractivity contribution >= 4 is 37.5 Å². The molecule has 2 aromatic rings. The van der Waals surface area contributed by atoms with Gasteiger partial charge in [0.05, 0.1) is 15.1 Å². The molecule has 26 heavy (non-hydrogen) atoms. The minimum atomic E-state index is -3.63. The number of nitrogens with one attached hydrogen (secondary N) is 1. The highest BCUT2D eigenvalue weighted by Crippen LogP contribution is 2.22. The average Bonchev–Trinajstić information content (AvgIpc) is 3.22. The van der Waals surface area contributed by atoms with E-state index in [4.69, 9.17) is 0 Å². The van der Waals surface area contributed by atoms with Gasteiger partial charge in [-0.05, 0) is 44.4 Å². The molecule has 1 aliphatic heterocycles. The first-order valence-electron chi connectivity index (χ1n) is 8.75. The molecule has 0 aliphatic carbocycles. The van der Waals surface area contributed by atoms with E-state index in [2.05, 4.69) is 4.72 Å². The van der Waals surface area contributed by atoms with Gasteiger partial charge >= 0.3 is 4.87 Å². The maximum Gasteiger partial charge on any atom is 0.308 e. The molecule has 1 aromatic heterocycles. The second-order valence-electron chi connectivity index (χ2n) is 6.60. The Balaban J connectivity index is 1.90. The number of carbonyl (C=O) groups is 1. The minimum absolute atomic E-state index is 0.00392. The Labute approximate surface area is 156 Å². The van der Waals surface area contributed by atoms with E-state index in [-0.39, 0.29) is 28.3 Å². The van der Waals surface area contributed by atoms with Crippen LogP contribution in [0.1, 0.15) is 33.1 Å². The normalized spacial score (nSPS) is 16.3. The number of amides is 1. The third-order valence-corrected chi connectivity index (χ3v) is 7.20. The van der Waals surface area contributed by atoms with Crippen molar-refractivity contribution in [3.8, 4) is 0 Å². The Hall–Kier alpha value is -1.71. The summed E-state index contributed by atoms with van der Waals surface area (Å²) < 4.78 is 29.5. The SMILES string of the molecule is CC[C@@H](C)NS(=O)(=O)c1ccc2c(c1)sc(=O)n2CC(=O)N1CCCC1. The van der Waals surface area contributed by atoms with Gasteiger partial charge in [-0.15, -0.1) is 0 Å². The number of carbonyl (C=O) groups excluding carboxylic acids is 1. The third kappa shape index (κ3) is 3.84. The van der Waals surface area contributed by atoms with Gasteiger partial charge in [-0.2, -0.15) is 0 Å². The summed E-state index contributed by atoms with van der Waals surface area (Å²) in [5, 5.41) is 0. The number of fused-ring (bicyclic) bond motifs is 1. The summed E-state index contributed by atoms with van der Waals surface area (Å²) in [6.07, 6.45) is 2.68. The number of rotatable bonds is 6. The van der Waals surface area contributed by atoms with E-state index in [1.807, 2.05) is 6.92 Å². The third-order valence-electron chi connectivity index (χ3n) is 4.67. The maximum absolute atomic E-state index is 12.4. The second kappa shape index (κ2) is 7.50. The minimum Gasteiger partial charge on any atom is -0.341 e. The molecule has 0 spiro atoms. The number of nitrogens with zero attached hydrogens (tertiary/aromatic N) is 2. The molecule has 142 valence electrons. The second-order valence-corrected chi connectivity index (χ2v) is 9.31. The van der Waals surface area contributed by atoms with Crippen LogP contribution in [0, 0.1) is 0 Å². The number of likely N-dealkylation sites (tertiary alicyclic amines) is 1. The van der Waals surface area contributed by atoms with Gasteiger partial charge in [0.15, 0.2) is 0 Å². The van der Waals surface area contributed by atoms with Gasteiger partial charge in [0.1, 0.15) is 6.54 Å². The number of hydrogen-bond donors (Lipinski definition) is 1. The van der Waals surface area contributed by atoms with Crippen molar-refractivity contribution < 1.29 is 13.2 Å². The number of thiazole rings is 1. The molecule has 0 saturated carbocycles. The van der Waals surface area contributed by atoms with Gasteiger partial charge in [-0.1, -0.05) is 18.3 Å². The summed E-state index contributed by atoms with van der Waals surface area (Å²) >= 11 is 0.963. The van der Waals surface area contributed by atoms with Crippen molar-refractivity contribution in [3.05, 3.63) is 27.9 Å². The number of aromatic nitrogens is 1. The highest BCUT2D eigenvalue weighted by atomic mass is 32.2. The van der Waals surface area contributed by atoms with Crippen LogP contribution in [0.4, 0.5) is 0 Å². The quantitative estimate of drug-likeness (QED) is 0.804. The lowest BCUT2D eigenvalue weighted by atomic mass is 10.3. The first kappa shape index (κ1) is 19.1. The van der Waals surface area contributed by atoms with Gasteiger partial charge < -0.3 is 4.90 Å². The summed E-state index contributed by atoms with van der Waals surface area (Å²) in [6, 6.07) is 4.42. The van der Waals surface area contributed by atoms with E-state index >= 15 is 0 Å². The fourth-order valence-corrected chi connectivity index (χ4v) is 5.34. The number of benzene rings is 1. The zero-order valence-corrected chi connectivity index (χ0v) is 16.5. The van der Waals surface area contributed by atoms with Crippen LogP contribution in [-0.2, 0) is 21.4 Å². The molecule has 1 aliphatic rings. The monoisotopic (exact) mass is 397 g/mol. The van der Waals surface area contributed by atoms with Gasteiger partial charge in [0, 0.05) is 19.1 Å². The summed E-state index contributed by atoms with van der Waals surface area (Å²) in [4.78, 5) is 26.3. The van der Waals surface area contributed by atoms with Crippen molar-refractivity contribution in [1.29, 1.82) is 0 Å². The molecular weight excluding hydrogens is 374 g/mol. The fraction of sp³-hybridized carbons (Fsp3) is 0.529. The smallest absolute Gasteiger partial charge is 0.308 e. The van der Waals surface area contributed by atoms with Crippen LogP contribution in [0.15, 0.2) is 27.9 Å². The van der Waals surface area contributed by atoms with E-state index in [1.54, 1.807) is 17.9 Å². The molecule has 9 heteroatoms. The Morgan fingerprint density at radius 2 is 2.00 bits per heavy atom. The van der Waals surface area contributed by atoms with E-state index in [0.29, 0.717) is 16.6 Å². The van der Waals surface area contributed by atoms with Crippen LogP contribution in [-0.4, -0.2) is 42.9 Å². The molecule has 1 N–H and O–H groups in total. The molecule has 1 atom stereocenters. The lowest BCUT2D eigenvalue weighted by Crippen LogP contribution is -2.33. The predicted octanol–water partition coefficient (Wildman–Crippen LogP) is 1.76. The molecule has 2 heterocycles. The van der Waals surface area contributed by atoms with E-state index in [9.17, 15) is 18.0 Å². The zero-order chi connectivity index (χ0) is 18.9. The molecular formula is C17H23N3O4S2. The standard InChI is InChI=1S/C17H23N3O4S2/c1-3-12(2)18-26(23,24)13-6-7-14-15(10-13)25-17(22)20(14)11-16(21)19-8-4-5-9-19/h6-7,10,12,18H,3-5,8-9,11H2,1-2H3/t12-/m1/s1. The molecule has 1 amide bonds. The van der Waals surface area contributed by atoms with Crippen LogP contribution in [0.2, 0.25) is 0 Å². The molecule has 0 unspecified atom stereocenters. The van der Waals surface area contributed by atoms with Gasteiger partial charge in [-0.3, -0.25) is 14.2 Å². The Morgan fingerprint density at radius 1 is 1.31 bits per heavy atom. The van der Waals surface area contributed by atoms with Gasteiger partial charge in [0.25, 0.3) is 0 Å². The van der Waals surface area contributed by atoms with E-state index in [0.717, 1.165) is 37.3 Å². The van der Waals surface area contributed by atoms with E-state index in [1.165, 1.54) is 16.7 Å². The van der Waals surface area contributed by atoms with Gasteiger partial charge in [-0.25, -0.2) is 13.1 Å². The van der Waals surface area contributed by atoms with Crippen LogP contribution in [0.5, 0.6) is 0 Å². The summed E-state index contributed by atoms with van der Waals surface area (Å²) in [5.41, 5.74) is 0.593. The van der Waals surface area contributed by atoms with Crippen LogP contribution >= 0.6 is 11.3 Å². The lowest BCUT2D eigenvalue weighted by Gasteiger charge is -2.15. The largest absolute Gasteiger partial charge is 0.341 e. The van der Waals surface area contributed by atoms with Crippen LogP contribution < -0.4 is 9.60 Å². The predicted molar refractivity (Wildman–Crippen MR) is 102 cm³/mol. The topological polar surface area (TPSA) is 88.5 Å². The Morgan fingerprint density at radius 3 is 2.65 bits per heavy atom. The summed E-state index contributed by atoms with van der Waals surface area (Å²) in [7, 11) is -3.63. The van der Waals surface area contributed by atoms with E-state index < -0.39 is 10.0 Å². The number of hydrogen-bond acceptors (Lipinski definition) is 5. The molecule has 1 saturated heterocycles. The van der Waals surface area contributed by atoms with Crippen molar-refractivity contribution in [3.63, 3.8) is 0 Å². The van der Waals surface area contributed by atoms with Crippen molar-refractivity contribution in [2.75, 3.05) is 13.1 Å². The van der Waals surface area contributed by atoms with Crippen LogP contribution in [0.25, 0.3) is 10.2 Å². The van der Waals surface area contributed by atoms with Crippen molar-refractivity contribution in [1.82, 2.24) is 14.2 Å². The average molecular weight is 398 g/mol. The summed E-state index contributed by atoms with van der Waals surface area (Å²) in [5.74, 6) is -0.0700. The van der Waals surface area contributed by atoms with Crippen molar-refractivity contribution in [2.45, 2.75) is 50.6 Å². The highest BCUT2D eigenvalue weighted by molar-refractivity contribution is 7.89. The molecule has 3 rings (SSSR count). The Kier molecular flexibility index (Phi) is 5.50. The highest BCUT2D eigenvalue weighted by Gasteiger charge is 2.22. The first-order chi connectivity index (χ1) is 12.3. The number of sulfonamides is 1. The maximum atomic E-state index is 12.4. The molecule has 0 bridgehead atoms. The van der Waals surface area contributed by atoms with Crippen LogP contribution in [0.3, 0.4) is 0 Å². The fourth-order valence-electron chi connectivity index (χ4n) is 2.98. The molecule has 1 aromatic carbocycles. The summed E-state index contributed by atoms with van der Waals surface area (Å²) in [6.45, 7) is 5.17. The van der Waals surface area contributed by atoms with Gasteiger partial charge in [0.2, 0.25) is 15.9 Å². The first-order valence-corrected chi connectivity index (χ1v) is 11.1.